The number of aromatic amines is 1. The molecule has 0 bridgehead atoms. The van der Waals surface area contributed by atoms with Gasteiger partial charge in [-0.25, -0.2) is 9.18 Å². The second-order valence-corrected chi connectivity index (χ2v) is 5.02. The van der Waals surface area contributed by atoms with E-state index in [9.17, 15) is 9.18 Å². The van der Waals surface area contributed by atoms with Crippen LogP contribution < -0.4 is 15.4 Å². The van der Waals surface area contributed by atoms with Gasteiger partial charge in [-0.1, -0.05) is 0 Å². The molecule has 0 aliphatic carbocycles. The standard InChI is InChI=1S/C15H19FN4O2/c1-8(12-7-11(16)5-6-13(12)22-4)17-15(21)18-14-9(2)19-20-10(14)3/h5-8H,1-4H3,(H,19,20)(H2,17,18,21)/t8-/m1/s1. The summed E-state index contributed by atoms with van der Waals surface area (Å²) >= 11 is 0. The van der Waals surface area contributed by atoms with Crippen molar-refractivity contribution >= 4 is 11.7 Å². The Morgan fingerprint density at radius 2 is 2.14 bits per heavy atom. The number of rotatable bonds is 4. The van der Waals surface area contributed by atoms with Gasteiger partial charge >= 0.3 is 6.03 Å². The van der Waals surface area contributed by atoms with E-state index in [0.29, 0.717) is 22.7 Å². The summed E-state index contributed by atoms with van der Waals surface area (Å²) in [5.74, 6) is 0.135. The van der Waals surface area contributed by atoms with Gasteiger partial charge in [0.2, 0.25) is 0 Å². The number of nitrogens with zero attached hydrogens (tertiary/aromatic N) is 1. The number of carbonyl (C=O) groups is 1. The number of anilines is 1. The van der Waals surface area contributed by atoms with Crippen LogP contribution in [-0.4, -0.2) is 23.3 Å². The van der Waals surface area contributed by atoms with Gasteiger partial charge in [0.25, 0.3) is 0 Å². The van der Waals surface area contributed by atoms with Crippen molar-refractivity contribution < 1.29 is 13.9 Å². The molecular formula is C15H19FN4O2. The Kier molecular flexibility index (Phi) is 4.65. The molecule has 0 fully saturated rings. The van der Waals surface area contributed by atoms with E-state index in [1.807, 2.05) is 6.92 Å². The number of H-pyrrole nitrogens is 1. The van der Waals surface area contributed by atoms with Gasteiger partial charge in [-0.3, -0.25) is 5.10 Å². The van der Waals surface area contributed by atoms with E-state index < -0.39 is 12.1 Å². The molecule has 1 aromatic heterocycles. The topological polar surface area (TPSA) is 79.0 Å². The summed E-state index contributed by atoms with van der Waals surface area (Å²) in [7, 11) is 1.50. The van der Waals surface area contributed by atoms with Crippen molar-refractivity contribution in [1.82, 2.24) is 15.5 Å². The Bertz CT molecular complexity index is 665. The van der Waals surface area contributed by atoms with E-state index in [1.54, 1.807) is 13.8 Å². The summed E-state index contributed by atoms with van der Waals surface area (Å²) in [6, 6.07) is 3.38. The SMILES string of the molecule is COc1ccc(F)cc1[C@@H](C)NC(=O)Nc1c(C)n[nH]c1C. The van der Waals surface area contributed by atoms with Crippen molar-refractivity contribution in [3.63, 3.8) is 0 Å². The molecule has 22 heavy (non-hydrogen) atoms. The largest absolute Gasteiger partial charge is 0.496 e. The monoisotopic (exact) mass is 306 g/mol. The first-order valence-corrected chi connectivity index (χ1v) is 6.85. The van der Waals surface area contributed by atoms with Crippen molar-refractivity contribution in [3.8, 4) is 5.75 Å². The van der Waals surface area contributed by atoms with Crippen LogP contribution in [0.4, 0.5) is 14.9 Å². The first-order valence-electron chi connectivity index (χ1n) is 6.85. The van der Waals surface area contributed by atoms with E-state index in [0.717, 1.165) is 5.69 Å². The molecule has 0 unspecified atom stereocenters. The van der Waals surface area contributed by atoms with Crippen LogP contribution in [0, 0.1) is 19.7 Å². The maximum atomic E-state index is 13.4. The molecule has 0 aliphatic heterocycles. The van der Waals surface area contributed by atoms with Crippen LogP contribution in [0.3, 0.4) is 0 Å². The molecule has 1 atom stereocenters. The lowest BCUT2D eigenvalue weighted by Crippen LogP contribution is -2.31. The summed E-state index contributed by atoms with van der Waals surface area (Å²) in [5.41, 5.74) is 2.67. The molecule has 118 valence electrons. The molecule has 1 aromatic carbocycles. The van der Waals surface area contributed by atoms with Gasteiger partial charge < -0.3 is 15.4 Å². The highest BCUT2D eigenvalue weighted by atomic mass is 19.1. The molecule has 0 aliphatic rings. The highest BCUT2D eigenvalue weighted by molar-refractivity contribution is 5.90. The van der Waals surface area contributed by atoms with Gasteiger partial charge in [-0.2, -0.15) is 5.10 Å². The summed E-state index contributed by atoms with van der Waals surface area (Å²) in [5, 5.41) is 12.3. The number of aromatic nitrogens is 2. The quantitative estimate of drug-likeness (QED) is 0.812. The molecule has 7 heteroatoms. The summed E-state index contributed by atoms with van der Waals surface area (Å²) in [6.45, 7) is 5.36. The van der Waals surface area contributed by atoms with E-state index in [4.69, 9.17) is 4.74 Å². The molecular weight excluding hydrogens is 287 g/mol. The first kappa shape index (κ1) is 15.8. The van der Waals surface area contributed by atoms with Crippen LogP contribution in [0.5, 0.6) is 5.75 Å². The number of aryl methyl sites for hydroxylation is 2. The number of amides is 2. The van der Waals surface area contributed by atoms with Gasteiger partial charge in [-0.15, -0.1) is 0 Å². The van der Waals surface area contributed by atoms with Gasteiger partial charge in [0, 0.05) is 5.56 Å². The second-order valence-electron chi connectivity index (χ2n) is 5.02. The summed E-state index contributed by atoms with van der Waals surface area (Å²) < 4.78 is 18.6. The predicted octanol–water partition coefficient (Wildman–Crippen LogP) is 3.06. The Morgan fingerprint density at radius 3 is 2.73 bits per heavy atom. The van der Waals surface area contributed by atoms with Gasteiger partial charge in [-0.05, 0) is 39.0 Å². The predicted molar refractivity (Wildman–Crippen MR) is 81.6 cm³/mol. The number of urea groups is 1. The third-order valence-corrected chi connectivity index (χ3v) is 3.37. The number of hydrogen-bond acceptors (Lipinski definition) is 3. The molecule has 3 N–H and O–H groups in total. The van der Waals surface area contributed by atoms with Crippen molar-refractivity contribution in [1.29, 1.82) is 0 Å². The molecule has 2 aromatic rings. The average Bonchev–Trinajstić information content (AvgIpc) is 2.79. The fourth-order valence-corrected chi connectivity index (χ4v) is 2.20. The van der Waals surface area contributed by atoms with Gasteiger partial charge in [0.05, 0.1) is 30.2 Å². The van der Waals surface area contributed by atoms with Crippen molar-refractivity contribution in [2.75, 3.05) is 12.4 Å². The van der Waals surface area contributed by atoms with E-state index in [1.165, 1.54) is 25.3 Å². The number of methoxy groups -OCH3 is 1. The van der Waals surface area contributed by atoms with Crippen molar-refractivity contribution in [3.05, 3.63) is 41.0 Å². The zero-order valence-electron chi connectivity index (χ0n) is 13.0. The maximum Gasteiger partial charge on any atom is 0.319 e. The highest BCUT2D eigenvalue weighted by Gasteiger charge is 2.16. The van der Waals surface area contributed by atoms with Crippen LogP contribution in [0.1, 0.15) is 29.9 Å². The van der Waals surface area contributed by atoms with E-state index in [2.05, 4.69) is 20.8 Å². The number of benzene rings is 1. The van der Waals surface area contributed by atoms with Crippen LogP contribution >= 0.6 is 0 Å². The zero-order chi connectivity index (χ0) is 16.3. The number of nitrogens with one attached hydrogen (secondary N) is 3. The number of hydrogen-bond donors (Lipinski definition) is 3. The molecule has 2 amide bonds. The smallest absolute Gasteiger partial charge is 0.319 e. The normalized spacial score (nSPS) is 11.9. The highest BCUT2D eigenvalue weighted by Crippen LogP contribution is 2.26. The number of carbonyl (C=O) groups excluding carboxylic acids is 1. The first-order chi connectivity index (χ1) is 10.4. The third-order valence-electron chi connectivity index (χ3n) is 3.37. The van der Waals surface area contributed by atoms with Crippen molar-refractivity contribution in [2.45, 2.75) is 26.8 Å². The lowest BCUT2D eigenvalue weighted by atomic mass is 10.1. The minimum atomic E-state index is -0.418. The molecule has 0 radical (unpaired) electrons. The minimum absolute atomic E-state index is 0.383. The minimum Gasteiger partial charge on any atom is -0.496 e. The summed E-state index contributed by atoms with van der Waals surface area (Å²) in [6.07, 6.45) is 0. The van der Waals surface area contributed by atoms with Crippen LogP contribution in [0.2, 0.25) is 0 Å². The lowest BCUT2D eigenvalue weighted by Gasteiger charge is -2.18. The van der Waals surface area contributed by atoms with E-state index >= 15 is 0 Å². The maximum absolute atomic E-state index is 13.4. The summed E-state index contributed by atoms with van der Waals surface area (Å²) in [4.78, 5) is 12.1. The van der Waals surface area contributed by atoms with Crippen LogP contribution in [0.25, 0.3) is 0 Å². The molecule has 0 saturated heterocycles. The number of halogens is 1. The van der Waals surface area contributed by atoms with Gasteiger partial charge in [0.15, 0.2) is 0 Å². The second kappa shape index (κ2) is 6.46. The van der Waals surface area contributed by atoms with Crippen LogP contribution in [-0.2, 0) is 0 Å². The van der Waals surface area contributed by atoms with Crippen molar-refractivity contribution in [2.24, 2.45) is 0 Å². The Balaban J connectivity index is 2.10. The molecule has 0 saturated carbocycles. The average molecular weight is 306 g/mol. The Hall–Kier alpha value is -2.57. The molecule has 0 spiro atoms. The molecule has 2 rings (SSSR count). The Labute approximate surface area is 128 Å². The lowest BCUT2D eigenvalue weighted by molar-refractivity contribution is 0.249. The third kappa shape index (κ3) is 3.36. The Morgan fingerprint density at radius 1 is 1.41 bits per heavy atom. The fraction of sp³-hybridized carbons (Fsp3) is 0.333. The fourth-order valence-electron chi connectivity index (χ4n) is 2.20. The van der Waals surface area contributed by atoms with Gasteiger partial charge in [0.1, 0.15) is 11.6 Å². The zero-order valence-corrected chi connectivity index (χ0v) is 13.0. The number of ether oxygens (including phenoxy) is 1. The molecule has 1 heterocycles. The van der Waals surface area contributed by atoms with E-state index in [-0.39, 0.29) is 5.82 Å². The van der Waals surface area contributed by atoms with Crippen LogP contribution in [0.15, 0.2) is 18.2 Å². The molecule has 6 nitrogen and oxygen atoms in total.